The SMILES string of the molecule is C[C@@H](O[C@H]1CN2C(=O)C=C(c3ccnc(F)c3)C[C@H]2C1c1ccc(F)cc1)c1cc(C(F)(F)F)cc(C(F)(F)F)c1. The van der Waals surface area contributed by atoms with Crippen molar-refractivity contribution in [2.24, 2.45) is 0 Å². The van der Waals surface area contributed by atoms with Gasteiger partial charge in [0.15, 0.2) is 0 Å². The van der Waals surface area contributed by atoms with E-state index in [1.165, 1.54) is 54.4 Å². The Kier molecular flexibility index (Phi) is 7.39. The fourth-order valence-electron chi connectivity index (χ4n) is 5.50. The molecule has 0 aliphatic carbocycles. The number of aromatic nitrogens is 1. The first-order valence-electron chi connectivity index (χ1n) is 12.5. The number of carbonyl (C=O) groups is 1. The first-order chi connectivity index (χ1) is 19.2. The Morgan fingerprint density at radius 3 is 2.15 bits per heavy atom. The molecular weight excluding hydrogens is 560 g/mol. The zero-order valence-corrected chi connectivity index (χ0v) is 21.3. The molecule has 0 N–H and O–H groups in total. The number of ether oxygens (including phenoxy) is 1. The number of nitrogens with zero attached hydrogens (tertiary/aromatic N) is 2. The fraction of sp³-hybridized carbons (Fsp3) is 0.310. The van der Waals surface area contributed by atoms with Crippen molar-refractivity contribution in [2.45, 2.75) is 49.9 Å². The van der Waals surface area contributed by atoms with Gasteiger partial charge in [-0.15, -0.1) is 0 Å². The summed E-state index contributed by atoms with van der Waals surface area (Å²) in [7, 11) is 0. The van der Waals surface area contributed by atoms with E-state index in [-0.39, 0.29) is 24.6 Å². The second kappa shape index (κ2) is 10.6. The number of carbonyl (C=O) groups excluding carboxylic acids is 1. The van der Waals surface area contributed by atoms with Gasteiger partial charge >= 0.3 is 12.4 Å². The van der Waals surface area contributed by atoms with E-state index in [9.17, 15) is 39.9 Å². The second-order valence-electron chi connectivity index (χ2n) is 10.0. The summed E-state index contributed by atoms with van der Waals surface area (Å²) in [6.45, 7) is 1.31. The summed E-state index contributed by atoms with van der Waals surface area (Å²) in [6.07, 6.45) is -9.30. The Morgan fingerprint density at radius 1 is 0.927 bits per heavy atom. The summed E-state index contributed by atoms with van der Waals surface area (Å²) >= 11 is 0. The summed E-state index contributed by atoms with van der Waals surface area (Å²) in [5.74, 6) is -2.30. The molecule has 0 spiro atoms. The first kappa shape index (κ1) is 28.7. The summed E-state index contributed by atoms with van der Waals surface area (Å²) < 4.78 is 114. The third-order valence-electron chi connectivity index (χ3n) is 7.41. The minimum absolute atomic E-state index is 0.0184. The van der Waals surface area contributed by atoms with Gasteiger partial charge in [0.25, 0.3) is 0 Å². The second-order valence-corrected chi connectivity index (χ2v) is 10.0. The van der Waals surface area contributed by atoms with Crippen molar-refractivity contribution in [1.29, 1.82) is 0 Å². The highest BCUT2D eigenvalue weighted by Gasteiger charge is 2.48. The monoisotopic (exact) mass is 582 g/mol. The molecule has 1 saturated heterocycles. The Hall–Kier alpha value is -3.80. The van der Waals surface area contributed by atoms with Gasteiger partial charge < -0.3 is 9.64 Å². The lowest BCUT2D eigenvalue weighted by Gasteiger charge is -2.33. The molecule has 4 atom stereocenters. The standard InChI is InChI=1S/C29H22F8N2O2/c1-15(18-8-20(28(32,33)34)13-21(9-18)29(35,36)37)41-24-14-39-23(27(24)16-2-4-22(30)5-3-16)10-19(12-26(39)40)17-6-7-38-25(31)11-17/h2-9,11-13,15,23-24,27H,10,14H2,1H3/t15-,23+,24+,27?/m1/s1. The highest BCUT2D eigenvalue weighted by atomic mass is 19.4. The average molecular weight is 582 g/mol. The Bertz CT molecular complexity index is 1450. The molecule has 0 radical (unpaired) electrons. The van der Waals surface area contributed by atoms with Gasteiger partial charge in [0, 0.05) is 36.8 Å². The topological polar surface area (TPSA) is 42.4 Å². The maximum absolute atomic E-state index is 13.8. The van der Waals surface area contributed by atoms with Gasteiger partial charge in [0.1, 0.15) is 5.82 Å². The lowest BCUT2D eigenvalue weighted by Crippen LogP contribution is -2.39. The maximum atomic E-state index is 13.8. The Labute approximate surface area is 229 Å². The predicted molar refractivity (Wildman–Crippen MR) is 131 cm³/mol. The summed E-state index contributed by atoms with van der Waals surface area (Å²) in [5.41, 5.74) is -1.76. The van der Waals surface area contributed by atoms with Crippen molar-refractivity contribution in [3.63, 3.8) is 0 Å². The number of benzene rings is 2. The van der Waals surface area contributed by atoms with Gasteiger partial charge in [-0.05, 0) is 72.0 Å². The molecule has 1 fully saturated rings. The molecule has 1 amide bonds. The number of amides is 1. The van der Waals surface area contributed by atoms with Crippen molar-refractivity contribution in [3.8, 4) is 0 Å². The van der Waals surface area contributed by atoms with Crippen LogP contribution in [0.1, 0.15) is 53.2 Å². The third kappa shape index (κ3) is 5.97. The van der Waals surface area contributed by atoms with Gasteiger partial charge in [-0.1, -0.05) is 12.1 Å². The van der Waals surface area contributed by atoms with Crippen LogP contribution < -0.4 is 0 Å². The highest BCUT2D eigenvalue weighted by molar-refractivity contribution is 5.97. The Morgan fingerprint density at radius 2 is 1.56 bits per heavy atom. The highest BCUT2D eigenvalue weighted by Crippen LogP contribution is 2.45. The molecule has 216 valence electrons. The molecule has 0 bridgehead atoms. The smallest absolute Gasteiger partial charge is 0.368 e. The number of halogens is 8. The number of fused-ring (bicyclic) bond motifs is 1. The molecule has 12 heteroatoms. The van der Waals surface area contributed by atoms with Gasteiger partial charge in [0.05, 0.1) is 23.3 Å². The zero-order valence-electron chi connectivity index (χ0n) is 21.3. The Balaban J connectivity index is 1.50. The van der Waals surface area contributed by atoms with Crippen LogP contribution in [0.3, 0.4) is 0 Å². The van der Waals surface area contributed by atoms with Crippen molar-refractivity contribution < 1.29 is 44.7 Å². The number of rotatable bonds is 5. The molecule has 5 rings (SSSR count). The van der Waals surface area contributed by atoms with Crippen LogP contribution in [0.25, 0.3) is 5.57 Å². The molecular formula is C29H22F8N2O2. The van der Waals surface area contributed by atoms with Crippen molar-refractivity contribution >= 4 is 11.5 Å². The molecule has 2 aliphatic heterocycles. The van der Waals surface area contributed by atoms with Crippen LogP contribution in [0.4, 0.5) is 35.1 Å². The first-order valence-corrected chi connectivity index (χ1v) is 12.5. The van der Waals surface area contributed by atoms with Crippen LogP contribution in [0.15, 0.2) is 66.9 Å². The summed E-state index contributed by atoms with van der Waals surface area (Å²) in [4.78, 5) is 18.2. The largest absolute Gasteiger partial charge is 0.416 e. The molecule has 41 heavy (non-hydrogen) atoms. The molecule has 1 aromatic heterocycles. The maximum Gasteiger partial charge on any atom is 0.416 e. The van der Waals surface area contributed by atoms with E-state index in [4.69, 9.17) is 4.74 Å². The average Bonchev–Trinajstić information content (AvgIpc) is 3.26. The lowest BCUT2D eigenvalue weighted by atomic mass is 9.83. The molecule has 1 unspecified atom stereocenters. The fourth-order valence-corrected chi connectivity index (χ4v) is 5.50. The normalized spacial score (nSPS) is 22.0. The summed E-state index contributed by atoms with van der Waals surface area (Å²) in [6, 6.07) is 8.82. The van der Waals surface area contributed by atoms with E-state index in [1.54, 1.807) is 6.07 Å². The molecule has 3 aromatic rings. The van der Waals surface area contributed by atoms with Crippen LogP contribution in [-0.2, 0) is 21.9 Å². The quantitative estimate of drug-likeness (QED) is 0.234. The van der Waals surface area contributed by atoms with Gasteiger partial charge in [0.2, 0.25) is 11.9 Å². The van der Waals surface area contributed by atoms with E-state index in [2.05, 4.69) is 4.98 Å². The molecule has 4 nitrogen and oxygen atoms in total. The van der Waals surface area contributed by atoms with E-state index in [0.717, 1.165) is 0 Å². The van der Waals surface area contributed by atoms with E-state index in [0.29, 0.717) is 28.8 Å². The van der Waals surface area contributed by atoms with Crippen LogP contribution in [-0.4, -0.2) is 34.5 Å². The molecule has 0 saturated carbocycles. The number of hydrogen-bond donors (Lipinski definition) is 0. The molecule has 3 heterocycles. The van der Waals surface area contributed by atoms with Crippen LogP contribution in [0, 0.1) is 11.8 Å². The third-order valence-corrected chi connectivity index (χ3v) is 7.41. The number of alkyl halides is 6. The van der Waals surface area contributed by atoms with E-state index in [1.807, 2.05) is 0 Å². The predicted octanol–water partition coefficient (Wildman–Crippen LogP) is 7.33. The van der Waals surface area contributed by atoms with Gasteiger partial charge in [-0.25, -0.2) is 9.37 Å². The van der Waals surface area contributed by atoms with Gasteiger partial charge in [-0.3, -0.25) is 4.79 Å². The number of hydrogen-bond acceptors (Lipinski definition) is 3. The zero-order chi connectivity index (χ0) is 29.7. The lowest BCUT2D eigenvalue weighted by molar-refractivity contribution is -0.143. The summed E-state index contributed by atoms with van der Waals surface area (Å²) in [5, 5.41) is 0. The molecule has 2 aromatic carbocycles. The molecule has 2 aliphatic rings. The van der Waals surface area contributed by atoms with Crippen LogP contribution >= 0.6 is 0 Å². The van der Waals surface area contributed by atoms with Gasteiger partial charge in [-0.2, -0.15) is 30.7 Å². The van der Waals surface area contributed by atoms with Crippen molar-refractivity contribution in [1.82, 2.24) is 9.88 Å². The van der Waals surface area contributed by atoms with Crippen molar-refractivity contribution in [3.05, 3.63) is 106 Å². The van der Waals surface area contributed by atoms with Crippen LogP contribution in [0.5, 0.6) is 0 Å². The minimum Gasteiger partial charge on any atom is -0.368 e. The van der Waals surface area contributed by atoms with Crippen LogP contribution in [0.2, 0.25) is 0 Å². The number of pyridine rings is 1. The van der Waals surface area contributed by atoms with Crippen molar-refractivity contribution in [2.75, 3.05) is 6.54 Å². The minimum atomic E-state index is -5.03. The van der Waals surface area contributed by atoms with E-state index >= 15 is 0 Å². The van der Waals surface area contributed by atoms with E-state index < -0.39 is 65.3 Å².